The van der Waals surface area contributed by atoms with Crippen molar-refractivity contribution in [3.05, 3.63) is 291 Å². The second kappa shape index (κ2) is 18.8. The quantitative estimate of drug-likeness (QED) is 0.152. The third kappa shape index (κ3) is 7.17. The van der Waals surface area contributed by atoms with Gasteiger partial charge in [-0.05, 0) is 150 Å². The molecule has 0 fully saturated rings. The highest BCUT2D eigenvalue weighted by molar-refractivity contribution is 6.20. The molecule has 0 saturated heterocycles. The van der Waals surface area contributed by atoms with Crippen LogP contribution in [0.4, 0.5) is 0 Å². The van der Waals surface area contributed by atoms with Crippen molar-refractivity contribution in [2.45, 2.75) is 0 Å². The number of hydrogen-bond donors (Lipinski definition) is 0. The predicted molar refractivity (Wildman–Crippen MR) is 363 cm³/mol. The first kappa shape index (κ1) is 48.5. The van der Waals surface area contributed by atoms with Crippen LogP contribution in [0.25, 0.3) is 189 Å². The number of benzene rings is 13. The molecule has 0 bridgehead atoms. The molecule has 0 unspecified atom stereocenters. The van der Waals surface area contributed by atoms with Gasteiger partial charge in [0.05, 0.1) is 33.5 Å². The molecular formula is C82H48N6. The fourth-order valence-electron chi connectivity index (χ4n) is 14.6. The third-order valence-electron chi connectivity index (χ3n) is 18.5. The molecule has 0 aliphatic heterocycles. The molecule has 4 aromatic heterocycles. The summed E-state index contributed by atoms with van der Waals surface area (Å²) in [5, 5.41) is 9.64. The summed E-state index contributed by atoms with van der Waals surface area (Å²) in [7, 11) is 0. The molecule has 17 aromatic rings. The van der Waals surface area contributed by atoms with Gasteiger partial charge in [0, 0.05) is 78.7 Å². The monoisotopic (exact) mass is 1120 g/mol. The summed E-state index contributed by atoms with van der Waals surface area (Å²) < 4.78 is 4.77. The van der Waals surface area contributed by atoms with Crippen LogP contribution in [-0.4, -0.2) is 29.1 Å². The first-order valence-electron chi connectivity index (χ1n) is 30.0. The minimum Gasteiger partial charge on any atom is -0.309 e. The molecule has 2 aliphatic rings. The van der Waals surface area contributed by atoms with Crippen LogP contribution < -0.4 is 0 Å². The van der Waals surface area contributed by atoms with Crippen molar-refractivity contribution in [2.75, 3.05) is 0 Å². The minimum absolute atomic E-state index is 0.688. The van der Waals surface area contributed by atoms with Gasteiger partial charge in [-0.2, -0.15) is 0 Å². The number of hydrogen-bond acceptors (Lipinski definition) is 4. The average Bonchev–Trinajstić information content (AvgIpc) is 2.76. The highest BCUT2D eigenvalue weighted by atomic mass is 15.0. The zero-order valence-electron chi connectivity index (χ0n) is 47.4. The lowest BCUT2D eigenvalue weighted by atomic mass is 9.87. The van der Waals surface area contributed by atoms with E-state index in [0.717, 1.165) is 117 Å². The summed E-state index contributed by atoms with van der Waals surface area (Å²) in [4.78, 5) is 21.1. The highest BCUT2D eigenvalue weighted by Crippen LogP contribution is 2.52. The van der Waals surface area contributed by atoms with Crippen LogP contribution in [0.1, 0.15) is 0 Å². The second-order valence-electron chi connectivity index (χ2n) is 23.2. The molecule has 19 rings (SSSR count). The fourth-order valence-corrected chi connectivity index (χ4v) is 14.6. The Bertz CT molecular complexity index is 5790. The number of nitrogens with zero attached hydrogens (tertiary/aromatic N) is 6. The van der Waals surface area contributed by atoms with Gasteiger partial charge in [-0.15, -0.1) is 0 Å². The Hall–Kier alpha value is -11.9. The second-order valence-corrected chi connectivity index (χ2v) is 23.2. The van der Waals surface area contributed by atoms with Crippen molar-refractivity contribution in [3.63, 3.8) is 0 Å². The molecule has 6 heteroatoms. The zero-order chi connectivity index (χ0) is 57.6. The molecule has 0 radical (unpaired) electrons. The van der Waals surface area contributed by atoms with E-state index in [0.29, 0.717) is 11.6 Å². The topological polar surface area (TPSA) is 61.4 Å². The molecule has 6 nitrogen and oxygen atoms in total. The average molecular weight is 1120 g/mol. The maximum atomic E-state index is 5.64. The van der Waals surface area contributed by atoms with Crippen molar-refractivity contribution in [2.24, 2.45) is 0 Å². The van der Waals surface area contributed by atoms with Crippen molar-refractivity contribution in [3.8, 4) is 123 Å². The number of para-hydroxylation sites is 4. The first-order valence-corrected chi connectivity index (χ1v) is 30.0. The van der Waals surface area contributed by atoms with Crippen LogP contribution >= 0.6 is 0 Å². The maximum Gasteiger partial charge on any atom is 0.160 e. The van der Waals surface area contributed by atoms with Crippen molar-refractivity contribution in [1.29, 1.82) is 0 Å². The number of aromatic nitrogens is 6. The lowest BCUT2D eigenvalue weighted by molar-refractivity contribution is 1.18. The van der Waals surface area contributed by atoms with E-state index in [2.05, 4.69) is 288 Å². The van der Waals surface area contributed by atoms with Crippen molar-refractivity contribution in [1.82, 2.24) is 29.1 Å². The van der Waals surface area contributed by atoms with E-state index in [4.69, 9.17) is 19.9 Å². The van der Waals surface area contributed by atoms with E-state index in [-0.39, 0.29) is 0 Å². The van der Waals surface area contributed by atoms with Gasteiger partial charge in [0.1, 0.15) is 0 Å². The van der Waals surface area contributed by atoms with E-state index in [1.807, 2.05) is 12.4 Å². The normalized spacial score (nSPS) is 12.1. The Labute approximate surface area is 506 Å². The summed E-state index contributed by atoms with van der Waals surface area (Å²) in [6, 6.07) is 101. The highest BCUT2D eigenvalue weighted by Gasteiger charge is 2.28. The van der Waals surface area contributed by atoms with E-state index >= 15 is 0 Å². The first-order chi connectivity index (χ1) is 43.6. The van der Waals surface area contributed by atoms with Crippen LogP contribution in [0.5, 0.6) is 0 Å². The Kier molecular flexibility index (Phi) is 10.4. The molecule has 88 heavy (non-hydrogen) atoms. The summed E-state index contributed by atoms with van der Waals surface area (Å²) >= 11 is 0. The molecule has 0 N–H and O–H groups in total. The van der Waals surface area contributed by atoms with Gasteiger partial charge in [0.25, 0.3) is 0 Å². The van der Waals surface area contributed by atoms with E-state index in [1.54, 1.807) is 0 Å². The Morgan fingerprint density at radius 3 is 1.48 bits per heavy atom. The summed E-state index contributed by atoms with van der Waals surface area (Å²) in [5.74, 6) is 1.40. The van der Waals surface area contributed by atoms with Gasteiger partial charge in [-0.1, -0.05) is 206 Å². The summed E-state index contributed by atoms with van der Waals surface area (Å²) in [6.45, 7) is 0. The zero-order valence-corrected chi connectivity index (χ0v) is 47.4. The SMILES string of the molecule is c1ccc(-n2c3ccccc3c3cc(-c4ccccc4-c4ncc5c(n4)-c4cc(-c6cc(-c7ccc(-c8ncc9c(n8)-c8cccc%10cccc-9c8%10)cc7)ccc6-c6cccc7c6c6ccccc6n7-c6ccccc6)cc6cccc-5c46)ccc32)cc1. The predicted octanol–water partition coefficient (Wildman–Crippen LogP) is 21.1. The van der Waals surface area contributed by atoms with Crippen molar-refractivity contribution >= 4 is 65.2 Å². The fraction of sp³-hybridized carbons (Fsp3) is 0. The van der Waals surface area contributed by atoms with Gasteiger partial charge in [0.2, 0.25) is 0 Å². The minimum atomic E-state index is 0.688. The van der Waals surface area contributed by atoms with Crippen molar-refractivity contribution < 1.29 is 0 Å². The van der Waals surface area contributed by atoms with E-state index < -0.39 is 0 Å². The molecular weight excluding hydrogens is 1070 g/mol. The molecule has 0 atom stereocenters. The van der Waals surface area contributed by atoms with Crippen LogP contribution in [0.15, 0.2) is 291 Å². The number of fused-ring (bicyclic) bond motifs is 12. The van der Waals surface area contributed by atoms with E-state index in [9.17, 15) is 0 Å². The summed E-state index contributed by atoms with van der Waals surface area (Å²) in [6.07, 6.45) is 4.05. The Morgan fingerprint density at radius 2 is 0.727 bits per heavy atom. The van der Waals surface area contributed by atoms with Gasteiger partial charge in [-0.3, -0.25) is 0 Å². The molecule has 4 heterocycles. The molecule has 2 aliphatic carbocycles. The van der Waals surface area contributed by atoms with Crippen LogP contribution in [-0.2, 0) is 0 Å². The Balaban J connectivity index is 0.765. The standard InChI is InChI=1S/C82H48N6/c1-3-20-56(21-4-1)87-72-32-11-9-25-60(72)68-45-53(40-42-74(68)87)58-24-7-8-26-64(58)82-84-48-71-63-29-15-19-54-43-55(46-69(77(54)63)80(71)86-82)67-44-52(39-41-59(67)61-30-16-34-75-78(61)65-27-10-12-33-73(65)88(75)57-22-5-2-6-23-57)49-35-37-51(38-36-49)81-83-47-70-62-28-13-17-50-18-14-31-66(76(50)62)79(70)85-81/h1-48H. The van der Waals surface area contributed by atoms with Crippen LogP contribution in [0.3, 0.4) is 0 Å². The van der Waals surface area contributed by atoms with Crippen LogP contribution in [0.2, 0.25) is 0 Å². The summed E-state index contributed by atoms with van der Waals surface area (Å²) in [5.41, 5.74) is 26.5. The van der Waals surface area contributed by atoms with Gasteiger partial charge < -0.3 is 9.13 Å². The van der Waals surface area contributed by atoms with Gasteiger partial charge in [-0.25, -0.2) is 19.9 Å². The molecule has 0 spiro atoms. The lowest BCUT2D eigenvalue weighted by Gasteiger charge is -2.16. The van der Waals surface area contributed by atoms with Gasteiger partial charge >= 0.3 is 0 Å². The lowest BCUT2D eigenvalue weighted by Crippen LogP contribution is -1.95. The molecule has 0 amide bonds. The van der Waals surface area contributed by atoms with E-state index in [1.165, 1.54) is 59.9 Å². The Morgan fingerprint density at radius 1 is 0.227 bits per heavy atom. The molecule has 13 aromatic carbocycles. The molecule has 0 saturated carbocycles. The number of rotatable bonds is 8. The largest absolute Gasteiger partial charge is 0.309 e. The third-order valence-corrected chi connectivity index (χ3v) is 18.5. The smallest absolute Gasteiger partial charge is 0.160 e. The maximum absolute atomic E-state index is 5.64. The van der Waals surface area contributed by atoms with Gasteiger partial charge in [0.15, 0.2) is 11.6 Å². The molecule has 406 valence electrons. The van der Waals surface area contributed by atoms with Crippen LogP contribution in [0, 0.1) is 0 Å².